The molecule has 0 bridgehead atoms. The fourth-order valence-corrected chi connectivity index (χ4v) is 2.07. The molecule has 0 aliphatic carbocycles. The summed E-state index contributed by atoms with van der Waals surface area (Å²) in [7, 11) is 0. The van der Waals surface area contributed by atoms with Gasteiger partial charge >= 0.3 is 0 Å². The highest BCUT2D eigenvalue weighted by Crippen LogP contribution is 2.07. The van der Waals surface area contributed by atoms with Crippen LogP contribution < -0.4 is 5.32 Å². The predicted octanol–water partition coefficient (Wildman–Crippen LogP) is 3.16. The zero-order chi connectivity index (χ0) is 13.7. The highest BCUT2D eigenvalue weighted by Gasteiger charge is 2.04. The van der Waals surface area contributed by atoms with Gasteiger partial charge in [0, 0.05) is 6.54 Å². The average molecular weight is 253 g/mol. The number of carbonyl (C=O) groups is 1. The lowest BCUT2D eigenvalue weighted by molar-refractivity contribution is -0.120. The van der Waals surface area contributed by atoms with Gasteiger partial charge in [-0.25, -0.2) is 0 Å². The number of hydrogen-bond donors (Lipinski definition) is 1. The third-order valence-electron chi connectivity index (χ3n) is 3.18. The van der Waals surface area contributed by atoms with E-state index in [4.69, 9.17) is 0 Å². The third kappa shape index (κ3) is 3.95. The quantitative estimate of drug-likeness (QED) is 0.891. The van der Waals surface area contributed by atoms with Gasteiger partial charge in [0.25, 0.3) is 0 Å². The molecule has 0 fully saturated rings. The summed E-state index contributed by atoms with van der Waals surface area (Å²) in [5.74, 6) is 0.0638. The van der Waals surface area contributed by atoms with Crippen LogP contribution in [0, 0.1) is 13.8 Å². The molecule has 1 N–H and O–H groups in total. The van der Waals surface area contributed by atoms with Crippen LogP contribution in [0.4, 0.5) is 0 Å². The first-order chi connectivity index (χ1) is 9.15. The molecule has 0 spiro atoms. The SMILES string of the molecule is Cc1cccc(CC(=O)NCc2ccccc2C)c1. The van der Waals surface area contributed by atoms with Crippen LogP contribution in [-0.4, -0.2) is 5.91 Å². The van der Waals surface area contributed by atoms with Gasteiger partial charge in [-0.2, -0.15) is 0 Å². The van der Waals surface area contributed by atoms with E-state index in [1.807, 2.05) is 49.4 Å². The Morgan fingerprint density at radius 3 is 2.58 bits per heavy atom. The molecule has 2 rings (SSSR count). The number of benzene rings is 2. The van der Waals surface area contributed by atoms with E-state index in [0.717, 1.165) is 5.56 Å². The lowest BCUT2D eigenvalue weighted by Gasteiger charge is -2.08. The number of rotatable bonds is 4. The normalized spacial score (nSPS) is 10.2. The van der Waals surface area contributed by atoms with Gasteiger partial charge in [0.05, 0.1) is 6.42 Å². The lowest BCUT2D eigenvalue weighted by atomic mass is 10.1. The van der Waals surface area contributed by atoms with Crippen molar-refractivity contribution in [3.8, 4) is 0 Å². The first kappa shape index (κ1) is 13.3. The number of aryl methyl sites for hydroxylation is 2. The molecular weight excluding hydrogens is 234 g/mol. The van der Waals surface area contributed by atoms with Gasteiger partial charge in [-0.3, -0.25) is 4.79 Å². The molecule has 2 aromatic carbocycles. The van der Waals surface area contributed by atoms with Crippen molar-refractivity contribution in [2.45, 2.75) is 26.8 Å². The number of amides is 1. The van der Waals surface area contributed by atoms with Crippen LogP contribution in [0.15, 0.2) is 48.5 Å². The zero-order valence-corrected chi connectivity index (χ0v) is 11.4. The van der Waals surface area contributed by atoms with Crippen LogP contribution in [0.5, 0.6) is 0 Å². The highest BCUT2D eigenvalue weighted by molar-refractivity contribution is 5.78. The van der Waals surface area contributed by atoms with Crippen molar-refractivity contribution in [3.05, 3.63) is 70.8 Å². The Kier molecular flexibility index (Phi) is 4.35. The summed E-state index contributed by atoms with van der Waals surface area (Å²) in [5.41, 5.74) is 4.62. The van der Waals surface area contributed by atoms with Crippen LogP contribution in [-0.2, 0) is 17.8 Å². The maximum atomic E-state index is 11.9. The van der Waals surface area contributed by atoms with Crippen molar-refractivity contribution in [1.29, 1.82) is 0 Å². The van der Waals surface area contributed by atoms with E-state index in [1.165, 1.54) is 16.7 Å². The first-order valence-corrected chi connectivity index (χ1v) is 6.52. The summed E-state index contributed by atoms with van der Waals surface area (Å²) >= 11 is 0. The van der Waals surface area contributed by atoms with Gasteiger partial charge < -0.3 is 5.32 Å². The Morgan fingerprint density at radius 1 is 1.05 bits per heavy atom. The number of carbonyl (C=O) groups excluding carboxylic acids is 1. The average Bonchev–Trinajstić information content (AvgIpc) is 2.38. The monoisotopic (exact) mass is 253 g/mol. The molecule has 19 heavy (non-hydrogen) atoms. The van der Waals surface area contributed by atoms with Crippen molar-refractivity contribution in [1.82, 2.24) is 5.32 Å². The first-order valence-electron chi connectivity index (χ1n) is 6.52. The molecule has 0 unspecified atom stereocenters. The minimum absolute atomic E-state index is 0.0638. The van der Waals surface area contributed by atoms with Crippen molar-refractivity contribution in [2.75, 3.05) is 0 Å². The van der Waals surface area contributed by atoms with Gasteiger partial charge in [0.15, 0.2) is 0 Å². The topological polar surface area (TPSA) is 29.1 Å². The molecule has 2 heteroatoms. The second-order valence-corrected chi connectivity index (χ2v) is 4.87. The van der Waals surface area contributed by atoms with E-state index in [2.05, 4.69) is 18.3 Å². The standard InChI is InChI=1S/C17H19NO/c1-13-6-5-8-15(10-13)11-17(19)18-12-16-9-4-3-7-14(16)2/h3-10H,11-12H2,1-2H3,(H,18,19). The van der Waals surface area contributed by atoms with E-state index in [-0.39, 0.29) is 5.91 Å². The summed E-state index contributed by atoms with van der Waals surface area (Å²) in [6, 6.07) is 16.2. The maximum Gasteiger partial charge on any atom is 0.224 e. The lowest BCUT2D eigenvalue weighted by Crippen LogP contribution is -2.24. The van der Waals surface area contributed by atoms with Gasteiger partial charge in [0.1, 0.15) is 0 Å². The molecule has 0 radical (unpaired) electrons. The predicted molar refractivity (Wildman–Crippen MR) is 77.9 cm³/mol. The summed E-state index contributed by atoms with van der Waals surface area (Å²) in [5, 5.41) is 2.97. The van der Waals surface area contributed by atoms with Crippen LogP contribution in [0.1, 0.15) is 22.3 Å². The van der Waals surface area contributed by atoms with Crippen LogP contribution >= 0.6 is 0 Å². The third-order valence-corrected chi connectivity index (χ3v) is 3.18. The van der Waals surface area contributed by atoms with E-state index in [9.17, 15) is 4.79 Å². The van der Waals surface area contributed by atoms with E-state index in [1.54, 1.807) is 0 Å². The Balaban J connectivity index is 1.90. The summed E-state index contributed by atoms with van der Waals surface area (Å²) in [6.45, 7) is 4.69. The molecule has 2 aromatic rings. The molecule has 0 aromatic heterocycles. The van der Waals surface area contributed by atoms with E-state index >= 15 is 0 Å². The molecule has 2 nitrogen and oxygen atoms in total. The van der Waals surface area contributed by atoms with E-state index < -0.39 is 0 Å². The van der Waals surface area contributed by atoms with Crippen molar-refractivity contribution in [2.24, 2.45) is 0 Å². The molecule has 0 saturated carbocycles. The fraction of sp³-hybridized carbons (Fsp3) is 0.235. The van der Waals surface area contributed by atoms with Crippen LogP contribution in [0.2, 0.25) is 0 Å². The Labute approximate surface area is 114 Å². The minimum Gasteiger partial charge on any atom is -0.352 e. The van der Waals surface area contributed by atoms with E-state index in [0.29, 0.717) is 13.0 Å². The largest absolute Gasteiger partial charge is 0.352 e. The molecule has 0 heterocycles. The van der Waals surface area contributed by atoms with Crippen LogP contribution in [0.3, 0.4) is 0 Å². The summed E-state index contributed by atoms with van der Waals surface area (Å²) < 4.78 is 0. The Bertz CT molecular complexity index is 575. The summed E-state index contributed by atoms with van der Waals surface area (Å²) in [6.07, 6.45) is 0.438. The van der Waals surface area contributed by atoms with Crippen molar-refractivity contribution in [3.63, 3.8) is 0 Å². The van der Waals surface area contributed by atoms with Gasteiger partial charge in [-0.05, 0) is 30.5 Å². The molecule has 0 aliphatic heterocycles. The van der Waals surface area contributed by atoms with Gasteiger partial charge in [-0.1, -0.05) is 54.1 Å². The molecule has 98 valence electrons. The maximum absolute atomic E-state index is 11.9. The second kappa shape index (κ2) is 6.19. The smallest absolute Gasteiger partial charge is 0.224 e. The summed E-state index contributed by atoms with van der Waals surface area (Å²) in [4.78, 5) is 11.9. The van der Waals surface area contributed by atoms with Gasteiger partial charge in [0.2, 0.25) is 5.91 Å². The Hall–Kier alpha value is -2.09. The fourth-order valence-electron chi connectivity index (χ4n) is 2.07. The molecule has 1 amide bonds. The molecule has 0 aliphatic rings. The van der Waals surface area contributed by atoms with Gasteiger partial charge in [-0.15, -0.1) is 0 Å². The highest BCUT2D eigenvalue weighted by atomic mass is 16.1. The van der Waals surface area contributed by atoms with Crippen molar-refractivity contribution >= 4 is 5.91 Å². The Morgan fingerprint density at radius 2 is 1.84 bits per heavy atom. The second-order valence-electron chi connectivity index (χ2n) is 4.87. The van der Waals surface area contributed by atoms with Crippen molar-refractivity contribution < 1.29 is 4.79 Å². The zero-order valence-electron chi connectivity index (χ0n) is 11.4. The molecular formula is C17H19NO. The number of hydrogen-bond acceptors (Lipinski definition) is 1. The van der Waals surface area contributed by atoms with Crippen LogP contribution in [0.25, 0.3) is 0 Å². The minimum atomic E-state index is 0.0638. The number of nitrogens with one attached hydrogen (secondary N) is 1. The molecule has 0 saturated heterocycles. The molecule has 0 atom stereocenters.